The molecule has 0 bridgehead atoms. The van der Waals surface area contributed by atoms with E-state index in [1.807, 2.05) is 0 Å². The van der Waals surface area contributed by atoms with Gasteiger partial charge in [0.15, 0.2) is 0 Å². The van der Waals surface area contributed by atoms with Gasteiger partial charge in [0.05, 0.1) is 10.6 Å². The Hall–Kier alpha value is -0.640. The maximum Gasteiger partial charge on any atom is 0.142 e. The first-order chi connectivity index (χ1) is 8.11. The Morgan fingerprint density at radius 3 is 2.76 bits per heavy atom. The number of aliphatic hydroxyl groups is 1. The molecule has 0 atom stereocenters. The smallest absolute Gasteiger partial charge is 0.142 e. The maximum absolute atomic E-state index is 13.2. The molecule has 1 fully saturated rings. The minimum absolute atomic E-state index is 0.165. The van der Waals surface area contributed by atoms with Crippen molar-refractivity contribution in [2.24, 2.45) is 0 Å². The summed E-state index contributed by atoms with van der Waals surface area (Å²) in [5.74, 6) is -0.398. The van der Waals surface area contributed by atoms with Crippen molar-refractivity contribution in [3.05, 3.63) is 34.6 Å². The molecule has 0 aliphatic heterocycles. The average Bonchev–Trinajstić information content (AvgIpc) is 2.72. The largest absolute Gasteiger partial charge is 0.389 e. The summed E-state index contributed by atoms with van der Waals surface area (Å²) >= 11 is 5.85. The van der Waals surface area contributed by atoms with Gasteiger partial charge < -0.3 is 10.4 Å². The lowest BCUT2D eigenvalue weighted by atomic mass is 10.0. The Labute approximate surface area is 106 Å². The second kappa shape index (κ2) is 5.34. The SMILES string of the molecule is OC1(CNCc2cccc(F)c2Cl)CCCC1. The quantitative estimate of drug-likeness (QED) is 0.869. The summed E-state index contributed by atoms with van der Waals surface area (Å²) in [7, 11) is 0. The summed E-state index contributed by atoms with van der Waals surface area (Å²) in [6.07, 6.45) is 3.85. The second-order valence-electron chi connectivity index (χ2n) is 4.75. The molecule has 1 aromatic carbocycles. The van der Waals surface area contributed by atoms with Crippen LogP contribution in [0.5, 0.6) is 0 Å². The zero-order valence-corrected chi connectivity index (χ0v) is 10.4. The zero-order valence-electron chi connectivity index (χ0n) is 9.68. The van der Waals surface area contributed by atoms with Crippen molar-refractivity contribution in [3.63, 3.8) is 0 Å². The van der Waals surface area contributed by atoms with Crippen LogP contribution in [0.15, 0.2) is 18.2 Å². The molecule has 0 spiro atoms. The lowest BCUT2D eigenvalue weighted by Gasteiger charge is -2.22. The van der Waals surface area contributed by atoms with Crippen molar-refractivity contribution in [2.45, 2.75) is 37.8 Å². The molecule has 17 heavy (non-hydrogen) atoms. The van der Waals surface area contributed by atoms with E-state index >= 15 is 0 Å². The molecule has 0 unspecified atom stereocenters. The van der Waals surface area contributed by atoms with Gasteiger partial charge in [0.2, 0.25) is 0 Å². The van der Waals surface area contributed by atoms with Gasteiger partial charge in [-0.2, -0.15) is 0 Å². The van der Waals surface area contributed by atoms with Gasteiger partial charge in [-0.05, 0) is 24.5 Å². The van der Waals surface area contributed by atoms with Crippen molar-refractivity contribution in [1.29, 1.82) is 0 Å². The molecule has 1 aromatic rings. The minimum Gasteiger partial charge on any atom is -0.389 e. The molecule has 0 saturated heterocycles. The van der Waals surface area contributed by atoms with Crippen LogP contribution in [-0.2, 0) is 6.54 Å². The number of rotatable bonds is 4. The Morgan fingerprint density at radius 1 is 1.35 bits per heavy atom. The fourth-order valence-corrected chi connectivity index (χ4v) is 2.52. The van der Waals surface area contributed by atoms with E-state index in [4.69, 9.17) is 11.6 Å². The summed E-state index contributed by atoms with van der Waals surface area (Å²) in [4.78, 5) is 0. The van der Waals surface area contributed by atoms with Gasteiger partial charge in [-0.3, -0.25) is 0 Å². The fraction of sp³-hybridized carbons (Fsp3) is 0.538. The molecule has 1 aliphatic carbocycles. The Bertz CT molecular complexity index is 391. The third kappa shape index (κ3) is 3.18. The van der Waals surface area contributed by atoms with Crippen LogP contribution in [-0.4, -0.2) is 17.3 Å². The maximum atomic E-state index is 13.2. The van der Waals surface area contributed by atoms with Gasteiger partial charge in [-0.25, -0.2) is 4.39 Å². The summed E-state index contributed by atoms with van der Waals surface area (Å²) in [6.45, 7) is 1.03. The molecule has 2 N–H and O–H groups in total. The zero-order chi connectivity index (χ0) is 12.3. The molecular weight excluding hydrogens is 241 g/mol. The monoisotopic (exact) mass is 257 g/mol. The van der Waals surface area contributed by atoms with E-state index in [2.05, 4.69) is 5.32 Å². The van der Waals surface area contributed by atoms with Gasteiger partial charge in [-0.15, -0.1) is 0 Å². The second-order valence-corrected chi connectivity index (χ2v) is 5.13. The summed E-state index contributed by atoms with van der Waals surface area (Å²) < 4.78 is 13.2. The molecule has 0 amide bonds. The van der Waals surface area contributed by atoms with E-state index in [-0.39, 0.29) is 5.02 Å². The van der Waals surface area contributed by atoms with E-state index in [9.17, 15) is 9.50 Å². The van der Waals surface area contributed by atoms with Crippen LogP contribution in [0, 0.1) is 5.82 Å². The van der Waals surface area contributed by atoms with E-state index in [0.29, 0.717) is 13.1 Å². The predicted molar refractivity (Wildman–Crippen MR) is 66.5 cm³/mol. The molecule has 0 heterocycles. The minimum atomic E-state index is -0.584. The molecule has 2 rings (SSSR count). The van der Waals surface area contributed by atoms with E-state index in [0.717, 1.165) is 31.2 Å². The molecule has 2 nitrogen and oxygen atoms in total. The van der Waals surface area contributed by atoms with E-state index < -0.39 is 11.4 Å². The molecular formula is C13H17ClFNO. The molecule has 0 aromatic heterocycles. The predicted octanol–water partition coefficient (Wildman–Crippen LogP) is 2.87. The highest BCUT2D eigenvalue weighted by molar-refractivity contribution is 6.31. The molecule has 94 valence electrons. The molecule has 1 aliphatic rings. The highest BCUT2D eigenvalue weighted by Crippen LogP contribution is 2.28. The Balaban J connectivity index is 1.88. The van der Waals surface area contributed by atoms with Gasteiger partial charge >= 0.3 is 0 Å². The van der Waals surface area contributed by atoms with Crippen molar-refractivity contribution in [1.82, 2.24) is 5.32 Å². The lowest BCUT2D eigenvalue weighted by molar-refractivity contribution is 0.0475. The van der Waals surface area contributed by atoms with E-state index in [1.54, 1.807) is 12.1 Å². The van der Waals surface area contributed by atoms with Crippen LogP contribution < -0.4 is 5.32 Å². The van der Waals surface area contributed by atoms with Crippen molar-refractivity contribution in [3.8, 4) is 0 Å². The van der Waals surface area contributed by atoms with Crippen LogP contribution in [0.1, 0.15) is 31.2 Å². The van der Waals surface area contributed by atoms with E-state index in [1.165, 1.54) is 6.07 Å². The summed E-state index contributed by atoms with van der Waals surface area (Å²) in [5.41, 5.74) is 0.146. The first-order valence-electron chi connectivity index (χ1n) is 5.97. The topological polar surface area (TPSA) is 32.3 Å². The van der Waals surface area contributed by atoms with Crippen molar-refractivity contribution < 1.29 is 9.50 Å². The molecule has 4 heteroatoms. The Kier molecular flexibility index (Phi) is 4.02. The number of benzene rings is 1. The fourth-order valence-electron chi connectivity index (χ4n) is 2.32. The number of halogens is 2. The van der Waals surface area contributed by atoms with Crippen molar-refractivity contribution in [2.75, 3.05) is 6.54 Å². The summed E-state index contributed by atoms with van der Waals surface area (Å²) in [5, 5.41) is 13.4. The summed E-state index contributed by atoms with van der Waals surface area (Å²) in [6, 6.07) is 4.77. The van der Waals surface area contributed by atoms with Crippen molar-refractivity contribution >= 4 is 11.6 Å². The van der Waals surface area contributed by atoms with Crippen LogP contribution in [0.2, 0.25) is 5.02 Å². The van der Waals surface area contributed by atoms with Gasteiger partial charge in [-0.1, -0.05) is 36.6 Å². The van der Waals surface area contributed by atoms with Crippen LogP contribution in [0.4, 0.5) is 4.39 Å². The number of hydrogen-bond donors (Lipinski definition) is 2. The highest BCUT2D eigenvalue weighted by Gasteiger charge is 2.30. The van der Waals surface area contributed by atoms with Crippen LogP contribution in [0.25, 0.3) is 0 Å². The first-order valence-corrected chi connectivity index (χ1v) is 6.34. The van der Waals surface area contributed by atoms with Gasteiger partial charge in [0.1, 0.15) is 5.82 Å². The molecule has 1 saturated carbocycles. The highest BCUT2D eigenvalue weighted by atomic mass is 35.5. The standard InChI is InChI=1S/C13H17ClFNO/c14-12-10(4-3-5-11(12)15)8-16-9-13(17)6-1-2-7-13/h3-5,16-17H,1-2,6-9H2. The first kappa shape index (κ1) is 12.8. The van der Waals surface area contributed by atoms with Crippen LogP contribution in [0.3, 0.4) is 0 Å². The number of nitrogens with one attached hydrogen (secondary N) is 1. The average molecular weight is 258 g/mol. The van der Waals surface area contributed by atoms with Gasteiger partial charge in [0.25, 0.3) is 0 Å². The third-order valence-corrected chi connectivity index (χ3v) is 3.76. The lowest BCUT2D eigenvalue weighted by Crippen LogP contribution is -2.37. The van der Waals surface area contributed by atoms with Gasteiger partial charge in [0, 0.05) is 13.1 Å². The normalized spacial score (nSPS) is 18.5. The third-order valence-electron chi connectivity index (χ3n) is 3.34. The number of hydrogen-bond acceptors (Lipinski definition) is 2. The molecule has 0 radical (unpaired) electrons. The Morgan fingerprint density at radius 2 is 2.06 bits per heavy atom. The van der Waals surface area contributed by atoms with Crippen LogP contribution >= 0.6 is 11.6 Å².